The number of ether oxygens (including phenoxy) is 1. The Kier molecular flexibility index (Phi) is 5.41. The first kappa shape index (κ1) is 15.6. The highest BCUT2D eigenvalue weighted by molar-refractivity contribution is 5.68. The Morgan fingerprint density at radius 1 is 1.21 bits per heavy atom. The van der Waals surface area contributed by atoms with E-state index in [0.29, 0.717) is 6.42 Å². The fourth-order valence-corrected chi connectivity index (χ4v) is 2.09. The molecular formula is C12H23N3O4. The third-order valence-electron chi connectivity index (χ3n) is 2.78. The van der Waals surface area contributed by atoms with E-state index >= 15 is 0 Å². The molecule has 0 aromatic carbocycles. The van der Waals surface area contributed by atoms with Crippen molar-refractivity contribution >= 4 is 12.2 Å². The number of rotatable bonds is 3. The van der Waals surface area contributed by atoms with Gasteiger partial charge in [-0.1, -0.05) is 0 Å². The van der Waals surface area contributed by atoms with Crippen molar-refractivity contribution in [3.8, 4) is 0 Å². The highest BCUT2D eigenvalue weighted by Crippen LogP contribution is 2.18. The van der Waals surface area contributed by atoms with E-state index in [2.05, 4.69) is 16.2 Å². The van der Waals surface area contributed by atoms with Crippen LogP contribution in [0.5, 0.6) is 0 Å². The van der Waals surface area contributed by atoms with Crippen LogP contribution < -0.4 is 16.2 Å². The van der Waals surface area contributed by atoms with E-state index in [9.17, 15) is 9.59 Å². The molecule has 4 N–H and O–H groups in total. The SMILES string of the molecule is CC(C)(C)OC(=O)N[C@@H]1CCCC(NNC(=O)O)C1. The maximum Gasteiger partial charge on any atom is 0.419 e. The van der Waals surface area contributed by atoms with Crippen LogP contribution in [0.15, 0.2) is 0 Å². The maximum absolute atomic E-state index is 11.6. The predicted molar refractivity (Wildman–Crippen MR) is 69.7 cm³/mol. The van der Waals surface area contributed by atoms with Crippen molar-refractivity contribution in [1.29, 1.82) is 0 Å². The number of carbonyl (C=O) groups is 2. The highest BCUT2D eigenvalue weighted by atomic mass is 16.6. The topological polar surface area (TPSA) is 99.7 Å². The summed E-state index contributed by atoms with van der Waals surface area (Å²) in [7, 11) is 0. The molecule has 7 heteroatoms. The summed E-state index contributed by atoms with van der Waals surface area (Å²) >= 11 is 0. The van der Waals surface area contributed by atoms with Gasteiger partial charge >= 0.3 is 12.2 Å². The smallest absolute Gasteiger partial charge is 0.419 e. The van der Waals surface area contributed by atoms with Crippen molar-refractivity contribution < 1.29 is 19.4 Å². The van der Waals surface area contributed by atoms with Crippen LogP contribution >= 0.6 is 0 Å². The van der Waals surface area contributed by atoms with E-state index in [4.69, 9.17) is 9.84 Å². The normalized spacial score (nSPS) is 23.5. The molecule has 0 spiro atoms. The summed E-state index contributed by atoms with van der Waals surface area (Å²) in [5.41, 5.74) is 4.37. The van der Waals surface area contributed by atoms with Gasteiger partial charge in [0.05, 0.1) is 0 Å². The van der Waals surface area contributed by atoms with Gasteiger partial charge in [0, 0.05) is 12.1 Å². The van der Waals surface area contributed by atoms with Crippen LogP contribution in [0.1, 0.15) is 46.5 Å². The number of hydrogen-bond acceptors (Lipinski definition) is 4. The van der Waals surface area contributed by atoms with Crippen LogP contribution in [0.25, 0.3) is 0 Å². The van der Waals surface area contributed by atoms with Gasteiger partial charge in [-0.2, -0.15) is 0 Å². The van der Waals surface area contributed by atoms with E-state index in [0.717, 1.165) is 19.3 Å². The minimum Gasteiger partial charge on any atom is -0.464 e. The van der Waals surface area contributed by atoms with Gasteiger partial charge in [0.1, 0.15) is 5.60 Å². The maximum atomic E-state index is 11.6. The molecule has 0 aliphatic heterocycles. The van der Waals surface area contributed by atoms with Gasteiger partial charge in [-0.25, -0.2) is 15.0 Å². The molecule has 0 aromatic heterocycles. The van der Waals surface area contributed by atoms with Crippen LogP contribution in [0, 0.1) is 0 Å². The average molecular weight is 273 g/mol. The summed E-state index contributed by atoms with van der Waals surface area (Å²) in [6, 6.07) is 0.0430. The number of alkyl carbamates (subject to hydrolysis) is 1. The molecule has 0 heterocycles. The molecule has 0 bridgehead atoms. The van der Waals surface area contributed by atoms with Gasteiger partial charge in [0.25, 0.3) is 0 Å². The van der Waals surface area contributed by atoms with Crippen molar-refractivity contribution in [2.24, 2.45) is 0 Å². The van der Waals surface area contributed by atoms with Gasteiger partial charge in [0.15, 0.2) is 0 Å². The molecule has 0 aromatic rings. The quantitative estimate of drug-likeness (QED) is 0.585. The molecule has 19 heavy (non-hydrogen) atoms. The minimum absolute atomic E-state index is 0.0108. The molecule has 2 atom stereocenters. The summed E-state index contributed by atoms with van der Waals surface area (Å²) in [4.78, 5) is 22.0. The Morgan fingerprint density at radius 3 is 2.42 bits per heavy atom. The lowest BCUT2D eigenvalue weighted by Crippen LogP contribution is -2.50. The van der Waals surface area contributed by atoms with Crippen LogP contribution in [-0.4, -0.2) is 35.0 Å². The first-order valence-electron chi connectivity index (χ1n) is 6.50. The van der Waals surface area contributed by atoms with E-state index < -0.39 is 17.8 Å². The molecule has 1 unspecified atom stereocenters. The molecule has 2 amide bonds. The Balaban J connectivity index is 2.34. The number of carboxylic acid groups (broad SMARTS) is 1. The first-order chi connectivity index (χ1) is 8.76. The van der Waals surface area contributed by atoms with Gasteiger partial charge in [-0.15, -0.1) is 0 Å². The second-order valence-corrected chi connectivity index (χ2v) is 5.78. The van der Waals surface area contributed by atoms with Crippen molar-refractivity contribution in [3.63, 3.8) is 0 Å². The summed E-state index contributed by atoms with van der Waals surface area (Å²) in [5.74, 6) is 0. The first-order valence-corrected chi connectivity index (χ1v) is 6.50. The third-order valence-corrected chi connectivity index (χ3v) is 2.78. The number of carbonyl (C=O) groups excluding carboxylic acids is 1. The second kappa shape index (κ2) is 6.60. The third kappa shape index (κ3) is 6.85. The summed E-state index contributed by atoms with van der Waals surface area (Å²) in [6.45, 7) is 5.44. The predicted octanol–water partition coefficient (Wildman–Crippen LogP) is 1.59. The lowest BCUT2D eigenvalue weighted by Gasteiger charge is -2.30. The number of amides is 2. The van der Waals surface area contributed by atoms with Gasteiger partial charge < -0.3 is 15.2 Å². The lowest BCUT2D eigenvalue weighted by molar-refractivity contribution is 0.0487. The van der Waals surface area contributed by atoms with E-state index in [1.54, 1.807) is 0 Å². The number of nitrogens with one attached hydrogen (secondary N) is 3. The molecule has 0 radical (unpaired) electrons. The van der Waals surface area contributed by atoms with Crippen LogP contribution in [-0.2, 0) is 4.74 Å². The Hall–Kier alpha value is -1.50. The van der Waals surface area contributed by atoms with Gasteiger partial charge in [-0.3, -0.25) is 5.43 Å². The molecule has 1 fully saturated rings. The molecule has 1 aliphatic rings. The largest absolute Gasteiger partial charge is 0.464 e. The Bertz CT molecular complexity index is 327. The molecule has 1 saturated carbocycles. The highest BCUT2D eigenvalue weighted by Gasteiger charge is 2.25. The molecule has 1 rings (SSSR count). The van der Waals surface area contributed by atoms with Gasteiger partial charge in [-0.05, 0) is 46.5 Å². The zero-order valence-electron chi connectivity index (χ0n) is 11.7. The monoisotopic (exact) mass is 273 g/mol. The van der Waals surface area contributed by atoms with E-state index in [1.807, 2.05) is 20.8 Å². The fraction of sp³-hybridized carbons (Fsp3) is 0.833. The average Bonchev–Trinajstić information content (AvgIpc) is 2.24. The second-order valence-electron chi connectivity index (χ2n) is 5.78. The molecule has 1 aliphatic carbocycles. The molecular weight excluding hydrogens is 250 g/mol. The van der Waals surface area contributed by atoms with Crippen LogP contribution in [0.2, 0.25) is 0 Å². The Morgan fingerprint density at radius 2 is 1.84 bits per heavy atom. The zero-order chi connectivity index (χ0) is 14.5. The summed E-state index contributed by atoms with van der Waals surface area (Å²) in [5, 5.41) is 11.3. The number of hydrogen-bond donors (Lipinski definition) is 4. The molecule has 110 valence electrons. The van der Waals surface area contributed by atoms with Gasteiger partial charge in [0.2, 0.25) is 0 Å². The molecule has 7 nitrogen and oxygen atoms in total. The van der Waals surface area contributed by atoms with E-state index in [-0.39, 0.29) is 12.1 Å². The van der Waals surface area contributed by atoms with Crippen molar-refractivity contribution in [2.75, 3.05) is 0 Å². The minimum atomic E-state index is -1.11. The van der Waals surface area contributed by atoms with Crippen LogP contribution in [0.3, 0.4) is 0 Å². The summed E-state index contributed by atoms with van der Waals surface area (Å²) < 4.78 is 5.19. The molecule has 0 saturated heterocycles. The Labute approximate surface area is 113 Å². The van der Waals surface area contributed by atoms with Crippen LogP contribution in [0.4, 0.5) is 9.59 Å². The summed E-state index contributed by atoms with van der Waals surface area (Å²) in [6.07, 6.45) is 1.84. The standard InChI is InChI=1S/C12H23N3O4/c1-12(2,3)19-11(18)13-8-5-4-6-9(7-8)14-15-10(16)17/h8-9,14-15H,4-7H2,1-3H3,(H,13,18)(H,16,17)/t8-,9?/m1/s1. The van der Waals surface area contributed by atoms with Crippen molar-refractivity contribution in [1.82, 2.24) is 16.2 Å². The van der Waals surface area contributed by atoms with Crippen molar-refractivity contribution in [3.05, 3.63) is 0 Å². The zero-order valence-corrected chi connectivity index (χ0v) is 11.7. The number of hydrazine groups is 1. The van der Waals surface area contributed by atoms with E-state index in [1.165, 1.54) is 0 Å². The van der Waals surface area contributed by atoms with Crippen molar-refractivity contribution in [2.45, 2.75) is 64.1 Å². The fourth-order valence-electron chi connectivity index (χ4n) is 2.09. The lowest BCUT2D eigenvalue weighted by atomic mass is 9.91.